The van der Waals surface area contributed by atoms with Crippen molar-refractivity contribution in [3.63, 3.8) is 0 Å². The van der Waals surface area contributed by atoms with Gasteiger partial charge in [-0.3, -0.25) is 0 Å². The molecule has 3 nitrogen and oxygen atoms in total. The Labute approximate surface area is 95.1 Å². The minimum atomic E-state index is -1.01. The highest BCUT2D eigenvalue weighted by molar-refractivity contribution is 7.09. The Kier molecular flexibility index (Phi) is 2.70. The molecule has 0 spiro atoms. The molecule has 0 aliphatic heterocycles. The third-order valence-corrected chi connectivity index (χ3v) is 2.95. The number of carboxylic acid groups (broad SMARTS) is 1. The molecular formula is C10H6ClNO2S. The molecule has 0 aliphatic rings. The summed E-state index contributed by atoms with van der Waals surface area (Å²) in [6.45, 7) is 0. The lowest BCUT2D eigenvalue weighted by atomic mass is 10.2. The zero-order chi connectivity index (χ0) is 10.8. The Bertz CT molecular complexity index is 492. The number of halogens is 1. The molecule has 15 heavy (non-hydrogen) atoms. The predicted molar refractivity (Wildman–Crippen MR) is 59.5 cm³/mol. The summed E-state index contributed by atoms with van der Waals surface area (Å²) in [5.41, 5.74) is 0.995. The van der Waals surface area contributed by atoms with Gasteiger partial charge in [0.25, 0.3) is 0 Å². The molecule has 0 atom stereocenters. The molecule has 2 rings (SSSR count). The molecule has 0 unspecified atom stereocenters. The van der Waals surface area contributed by atoms with Gasteiger partial charge in [0.05, 0.1) is 4.88 Å². The van der Waals surface area contributed by atoms with Crippen molar-refractivity contribution in [2.75, 3.05) is 0 Å². The Balaban J connectivity index is 2.37. The number of carboxylic acids is 1. The van der Waals surface area contributed by atoms with Crippen molar-refractivity contribution >= 4 is 29.1 Å². The van der Waals surface area contributed by atoms with E-state index in [-0.39, 0.29) is 5.69 Å². The zero-order valence-electron chi connectivity index (χ0n) is 7.48. The van der Waals surface area contributed by atoms with Crippen molar-refractivity contribution in [2.45, 2.75) is 0 Å². The fourth-order valence-corrected chi connectivity index (χ4v) is 1.99. The van der Waals surface area contributed by atoms with Crippen LogP contribution in [0.1, 0.15) is 10.5 Å². The molecule has 0 bridgehead atoms. The summed E-state index contributed by atoms with van der Waals surface area (Å²) in [4.78, 5) is 11.4. The van der Waals surface area contributed by atoms with Crippen LogP contribution in [0.3, 0.4) is 0 Å². The van der Waals surface area contributed by atoms with Crippen LogP contribution in [0.15, 0.2) is 30.3 Å². The second-order valence-electron chi connectivity index (χ2n) is 2.89. The number of aromatic nitrogens is 1. The van der Waals surface area contributed by atoms with E-state index < -0.39 is 5.97 Å². The average molecular weight is 240 g/mol. The molecule has 0 aliphatic carbocycles. The fraction of sp³-hybridized carbons (Fsp3) is 0. The third-order valence-electron chi connectivity index (χ3n) is 1.86. The molecule has 1 heterocycles. The number of hydrogen-bond donors (Lipinski definition) is 1. The van der Waals surface area contributed by atoms with E-state index in [1.165, 1.54) is 0 Å². The largest absolute Gasteiger partial charge is 0.476 e. The normalized spacial score (nSPS) is 10.2. The van der Waals surface area contributed by atoms with Crippen molar-refractivity contribution in [1.29, 1.82) is 0 Å². The van der Waals surface area contributed by atoms with Gasteiger partial charge in [-0.2, -0.15) is 4.37 Å². The van der Waals surface area contributed by atoms with Crippen LogP contribution in [0.25, 0.3) is 10.4 Å². The van der Waals surface area contributed by atoms with E-state index >= 15 is 0 Å². The molecule has 1 aromatic heterocycles. The lowest BCUT2D eigenvalue weighted by molar-refractivity contribution is 0.0692. The molecule has 0 saturated heterocycles. The Hall–Kier alpha value is -1.39. The van der Waals surface area contributed by atoms with Crippen LogP contribution in [0.5, 0.6) is 0 Å². The van der Waals surface area contributed by atoms with Crippen LogP contribution in [0.4, 0.5) is 0 Å². The molecule has 1 aromatic carbocycles. The zero-order valence-corrected chi connectivity index (χ0v) is 9.05. The molecule has 0 saturated carbocycles. The quantitative estimate of drug-likeness (QED) is 0.876. The van der Waals surface area contributed by atoms with Gasteiger partial charge in [0.2, 0.25) is 0 Å². The molecular weight excluding hydrogens is 234 g/mol. The van der Waals surface area contributed by atoms with Crippen LogP contribution >= 0.6 is 23.1 Å². The standard InChI is InChI=1S/C10H6ClNO2S/c11-7-3-1-6(2-4-7)9-5-8(10(13)14)12-15-9/h1-5H,(H,13,14). The van der Waals surface area contributed by atoms with Crippen LogP contribution in [-0.4, -0.2) is 15.4 Å². The number of benzene rings is 1. The van der Waals surface area contributed by atoms with Gasteiger partial charge in [0, 0.05) is 5.02 Å². The highest BCUT2D eigenvalue weighted by atomic mass is 35.5. The minimum Gasteiger partial charge on any atom is -0.476 e. The first-order chi connectivity index (χ1) is 7.16. The number of nitrogens with zero attached hydrogens (tertiary/aromatic N) is 1. The van der Waals surface area contributed by atoms with Crippen LogP contribution < -0.4 is 0 Å². The summed E-state index contributed by atoms with van der Waals surface area (Å²) in [5.74, 6) is -1.01. The van der Waals surface area contributed by atoms with Gasteiger partial charge >= 0.3 is 5.97 Å². The highest BCUT2D eigenvalue weighted by Gasteiger charge is 2.09. The first-order valence-electron chi connectivity index (χ1n) is 4.13. The molecule has 0 radical (unpaired) electrons. The number of aromatic carboxylic acids is 1. The maximum Gasteiger partial charge on any atom is 0.355 e. The summed E-state index contributed by atoms with van der Waals surface area (Å²) in [5, 5.41) is 9.37. The van der Waals surface area contributed by atoms with Crippen molar-refractivity contribution in [1.82, 2.24) is 4.37 Å². The van der Waals surface area contributed by atoms with Gasteiger partial charge in [-0.25, -0.2) is 4.79 Å². The Morgan fingerprint density at radius 2 is 2.00 bits per heavy atom. The van der Waals surface area contributed by atoms with Crippen LogP contribution in [-0.2, 0) is 0 Å². The molecule has 5 heteroatoms. The van der Waals surface area contributed by atoms with Gasteiger partial charge in [-0.1, -0.05) is 23.7 Å². The minimum absolute atomic E-state index is 0.0740. The average Bonchev–Trinajstić information content (AvgIpc) is 2.68. The van der Waals surface area contributed by atoms with Crippen molar-refractivity contribution < 1.29 is 9.90 Å². The van der Waals surface area contributed by atoms with Crippen molar-refractivity contribution in [3.8, 4) is 10.4 Å². The lowest BCUT2D eigenvalue weighted by Gasteiger charge is -1.94. The van der Waals surface area contributed by atoms with E-state index in [1.54, 1.807) is 18.2 Å². The Morgan fingerprint density at radius 1 is 1.33 bits per heavy atom. The first kappa shape index (κ1) is 10.1. The maximum absolute atomic E-state index is 10.6. The summed E-state index contributed by atoms with van der Waals surface area (Å²) in [6, 6.07) is 8.74. The second kappa shape index (κ2) is 4.00. The Morgan fingerprint density at radius 3 is 2.53 bits per heavy atom. The molecule has 0 amide bonds. The topological polar surface area (TPSA) is 50.2 Å². The summed E-state index contributed by atoms with van der Waals surface area (Å²) in [6.07, 6.45) is 0. The van der Waals surface area contributed by atoms with E-state index in [1.807, 2.05) is 12.1 Å². The third kappa shape index (κ3) is 2.16. The van der Waals surface area contributed by atoms with Crippen LogP contribution in [0, 0.1) is 0 Å². The SMILES string of the molecule is O=C(O)c1cc(-c2ccc(Cl)cc2)sn1. The molecule has 1 N–H and O–H groups in total. The van der Waals surface area contributed by atoms with Gasteiger partial charge < -0.3 is 5.11 Å². The smallest absolute Gasteiger partial charge is 0.355 e. The van der Waals surface area contributed by atoms with Gasteiger partial charge in [0.15, 0.2) is 5.69 Å². The van der Waals surface area contributed by atoms with E-state index in [4.69, 9.17) is 16.7 Å². The van der Waals surface area contributed by atoms with E-state index in [2.05, 4.69) is 4.37 Å². The number of rotatable bonds is 2. The maximum atomic E-state index is 10.6. The van der Waals surface area contributed by atoms with Crippen molar-refractivity contribution in [2.24, 2.45) is 0 Å². The molecule has 0 fully saturated rings. The fourth-order valence-electron chi connectivity index (χ4n) is 1.13. The predicted octanol–water partition coefficient (Wildman–Crippen LogP) is 3.16. The van der Waals surface area contributed by atoms with Crippen LogP contribution in [0.2, 0.25) is 5.02 Å². The van der Waals surface area contributed by atoms with E-state index in [0.717, 1.165) is 22.0 Å². The summed E-state index contributed by atoms with van der Waals surface area (Å²) < 4.78 is 3.82. The van der Waals surface area contributed by atoms with Gasteiger partial charge in [0.1, 0.15) is 0 Å². The first-order valence-corrected chi connectivity index (χ1v) is 5.28. The summed E-state index contributed by atoms with van der Waals surface area (Å²) in [7, 11) is 0. The van der Waals surface area contributed by atoms with Crippen molar-refractivity contribution in [3.05, 3.63) is 41.0 Å². The number of hydrogen-bond acceptors (Lipinski definition) is 3. The number of carbonyl (C=O) groups is 1. The molecule has 2 aromatic rings. The highest BCUT2D eigenvalue weighted by Crippen LogP contribution is 2.25. The van der Waals surface area contributed by atoms with E-state index in [0.29, 0.717) is 5.02 Å². The van der Waals surface area contributed by atoms with E-state index in [9.17, 15) is 4.79 Å². The van der Waals surface area contributed by atoms with Gasteiger partial charge in [-0.05, 0) is 35.3 Å². The molecule has 76 valence electrons. The lowest BCUT2D eigenvalue weighted by Crippen LogP contribution is -1.94. The summed E-state index contributed by atoms with van der Waals surface area (Å²) >= 11 is 6.91. The second-order valence-corrected chi connectivity index (χ2v) is 4.13. The van der Waals surface area contributed by atoms with Gasteiger partial charge in [-0.15, -0.1) is 0 Å². The monoisotopic (exact) mass is 239 g/mol.